The summed E-state index contributed by atoms with van der Waals surface area (Å²) >= 11 is 0. The van der Waals surface area contributed by atoms with Crippen molar-refractivity contribution in [3.8, 4) is 0 Å². The molecule has 0 aromatic heterocycles. The number of anilines is 1. The molecule has 4 nitrogen and oxygen atoms in total. The highest BCUT2D eigenvalue weighted by atomic mass is 16.6. The van der Waals surface area contributed by atoms with Crippen molar-refractivity contribution in [2.24, 2.45) is 5.41 Å². The van der Waals surface area contributed by atoms with E-state index in [1.807, 2.05) is 6.07 Å². The third-order valence-electron chi connectivity index (χ3n) is 3.87. The minimum atomic E-state index is -0.329. The van der Waals surface area contributed by atoms with Gasteiger partial charge in [0, 0.05) is 23.4 Å². The maximum atomic E-state index is 10.8. The summed E-state index contributed by atoms with van der Waals surface area (Å²) < 4.78 is 0. The van der Waals surface area contributed by atoms with Crippen LogP contribution in [0.25, 0.3) is 0 Å². The van der Waals surface area contributed by atoms with Crippen molar-refractivity contribution in [1.29, 1.82) is 0 Å². The number of rotatable bonds is 4. The van der Waals surface area contributed by atoms with Gasteiger partial charge in [0.1, 0.15) is 0 Å². The van der Waals surface area contributed by atoms with Crippen LogP contribution in [-0.2, 0) is 0 Å². The second-order valence-electron chi connectivity index (χ2n) is 5.28. The van der Waals surface area contributed by atoms with E-state index in [4.69, 9.17) is 0 Å². The first kappa shape index (κ1) is 11.9. The highest BCUT2D eigenvalue weighted by Gasteiger charge is 2.42. The lowest BCUT2D eigenvalue weighted by molar-refractivity contribution is -0.385. The van der Waals surface area contributed by atoms with Gasteiger partial charge in [-0.25, -0.2) is 0 Å². The molecule has 0 heterocycles. The Kier molecular flexibility index (Phi) is 2.81. The van der Waals surface area contributed by atoms with Crippen LogP contribution in [0.1, 0.15) is 32.3 Å². The summed E-state index contributed by atoms with van der Waals surface area (Å²) in [6.45, 7) is 6.14. The predicted molar refractivity (Wildman–Crippen MR) is 68.3 cm³/mol. The molecule has 1 unspecified atom stereocenters. The summed E-state index contributed by atoms with van der Waals surface area (Å²) in [7, 11) is 0. The lowest BCUT2D eigenvalue weighted by Gasteiger charge is -2.21. The van der Waals surface area contributed by atoms with Crippen LogP contribution in [0.15, 0.2) is 18.2 Å². The second-order valence-corrected chi connectivity index (χ2v) is 5.28. The molecule has 1 aromatic carbocycles. The molecule has 1 atom stereocenters. The van der Waals surface area contributed by atoms with Gasteiger partial charge in [0.25, 0.3) is 5.69 Å². The van der Waals surface area contributed by atoms with E-state index in [9.17, 15) is 10.1 Å². The van der Waals surface area contributed by atoms with Crippen molar-refractivity contribution in [2.75, 3.05) is 5.32 Å². The SMILES string of the molecule is Cc1ccc(NC(C)C2(C)CC2)cc1[N+](=O)[O-]. The fourth-order valence-corrected chi connectivity index (χ4v) is 1.95. The first-order valence-electron chi connectivity index (χ1n) is 5.94. The number of benzene rings is 1. The van der Waals surface area contributed by atoms with Gasteiger partial charge in [-0.15, -0.1) is 0 Å². The lowest BCUT2D eigenvalue weighted by atomic mass is 10.0. The first-order valence-corrected chi connectivity index (χ1v) is 5.94. The Hall–Kier alpha value is -1.58. The number of hydrogen-bond donors (Lipinski definition) is 1. The quantitative estimate of drug-likeness (QED) is 0.640. The van der Waals surface area contributed by atoms with Gasteiger partial charge < -0.3 is 5.32 Å². The van der Waals surface area contributed by atoms with E-state index >= 15 is 0 Å². The summed E-state index contributed by atoms with van der Waals surface area (Å²) in [6, 6.07) is 5.68. The zero-order valence-corrected chi connectivity index (χ0v) is 10.5. The fraction of sp³-hybridized carbons (Fsp3) is 0.538. The van der Waals surface area contributed by atoms with Gasteiger partial charge in [-0.1, -0.05) is 13.0 Å². The van der Waals surface area contributed by atoms with E-state index in [-0.39, 0.29) is 10.6 Å². The molecule has 0 spiro atoms. The molecule has 17 heavy (non-hydrogen) atoms. The number of nitro benzene ring substituents is 1. The van der Waals surface area contributed by atoms with Gasteiger partial charge in [0.15, 0.2) is 0 Å². The van der Waals surface area contributed by atoms with Gasteiger partial charge in [-0.05, 0) is 38.2 Å². The number of nitrogens with zero attached hydrogens (tertiary/aromatic N) is 1. The maximum absolute atomic E-state index is 10.8. The van der Waals surface area contributed by atoms with Crippen molar-refractivity contribution in [1.82, 2.24) is 0 Å². The van der Waals surface area contributed by atoms with Crippen LogP contribution < -0.4 is 5.32 Å². The summed E-state index contributed by atoms with van der Waals surface area (Å²) in [4.78, 5) is 10.5. The molecule has 2 rings (SSSR count). The van der Waals surface area contributed by atoms with Crippen molar-refractivity contribution in [2.45, 2.75) is 39.7 Å². The molecule has 1 aliphatic carbocycles. The average molecular weight is 234 g/mol. The molecule has 0 amide bonds. The molecule has 1 N–H and O–H groups in total. The Labute approximate surface area is 101 Å². The molecule has 1 fully saturated rings. The first-order chi connectivity index (χ1) is 7.92. The minimum Gasteiger partial charge on any atom is -0.382 e. The number of nitro groups is 1. The average Bonchev–Trinajstić information content (AvgIpc) is 3.00. The fourth-order valence-electron chi connectivity index (χ4n) is 1.95. The van der Waals surface area contributed by atoms with Crippen LogP contribution in [0.2, 0.25) is 0 Å². The second kappa shape index (κ2) is 4.02. The summed E-state index contributed by atoms with van der Waals surface area (Å²) in [5, 5.41) is 14.2. The van der Waals surface area contributed by atoms with Gasteiger partial charge in [-0.2, -0.15) is 0 Å². The Morgan fingerprint density at radius 1 is 1.47 bits per heavy atom. The van der Waals surface area contributed by atoms with Gasteiger partial charge in [0.05, 0.1) is 4.92 Å². The van der Waals surface area contributed by atoms with Crippen LogP contribution in [0.3, 0.4) is 0 Å². The zero-order chi connectivity index (χ0) is 12.6. The van der Waals surface area contributed by atoms with Crippen molar-refractivity contribution in [3.63, 3.8) is 0 Å². The van der Waals surface area contributed by atoms with E-state index in [2.05, 4.69) is 19.2 Å². The van der Waals surface area contributed by atoms with Crippen LogP contribution >= 0.6 is 0 Å². The zero-order valence-electron chi connectivity index (χ0n) is 10.5. The van der Waals surface area contributed by atoms with Crippen LogP contribution in [0, 0.1) is 22.5 Å². The third-order valence-corrected chi connectivity index (χ3v) is 3.87. The van der Waals surface area contributed by atoms with E-state index in [1.54, 1.807) is 19.1 Å². The molecule has 1 aromatic rings. The molecule has 4 heteroatoms. The summed E-state index contributed by atoms with van der Waals surface area (Å²) in [5.41, 5.74) is 2.08. The maximum Gasteiger partial charge on any atom is 0.274 e. The number of hydrogen-bond acceptors (Lipinski definition) is 3. The Balaban J connectivity index is 2.16. The van der Waals surface area contributed by atoms with Crippen molar-refractivity contribution >= 4 is 11.4 Å². The van der Waals surface area contributed by atoms with Gasteiger partial charge in [0.2, 0.25) is 0 Å². The van der Waals surface area contributed by atoms with E-state index in [0.717, 1.165) is 5.69 Å². The molecule has 1 aliphatic rings. The van der Waals surface area contributed by atoms with Gasteiger partial charge in [-0.3, -0.25) is 10.1 Å². The molecular weight excluding hydrogens is 216 g/mol. The number of nitrogens with one attached hydrogen (secondary N) is 1. The van der Waals surface area contributed by atoms with Crippen molar-refractivity contribution < 1.29 is 4.92 Å². The van der Waals surface area contributed by atoms with E-state index in [0.29, 0.717) is 17.0 Å². The predicted octanol–water partition coefficient (Wildman–Crippen LogP) is 3.50. The van der Waals surface area contributed by atoms with Crippen LogP contribution in [-0.4, -0.2) is 11.0 Å². The highest BCUT2D eigenvalue weighted by molar-refractivity contribution is 5.55. The van der Waals surface area contributed by atoms with Crippen molar-refractivity contribution in [3.05, 3.63) is 33.9 Å². The largest absolute Gasteiger partial charge is 0.382 e. The summed E-state index contributed by atoms with van der Waals surface area (Å²) in [5.74, 6) is 0. The molecule has 92 valence electrons. The minimum absolute atomic E-state index is 0.183. The molecule has 0 bridgehead atoms. The van der Waals surface area contributed by atoms with Gasteiger partial charge >= 0.3 is 0 Å². The molecule has 0 radical (unpaired) electrons. The Bertz CT molecular complexity index is 453. The molecule has 1 saturated carbocycles. The Morgan fingerprint density at radius 3 is 2.65 bits per heavy atom. The monoisotopic (exact) mass is 234 g/mol. The molecule has 0 aliphatic heterocycles. The van der Waals surface area contributed by atoms with E-state index < -0.39 is 0 Å². The topological polar surface area (TPSA) is 55.2 Å². The third kappa shape index (κ3) is 2.40. The Morgan fingerprint density at radius 2 is 2.12 bits per heavy atom. The number of aryl methyl sites for hydroxylation is 1. The van der Waals surface area contributed by atoms with Crippen LogP contribution in [0.5, 0.6) is 0 Å². The molecule has 0 saturated heterocycles. The summed E-state index contributed by atoms with van der Waals surface area (Å²) in [6.07, 6.45) is 2.46. The van der Waals surface area contributed by atoms with Crippen LogP contribution in [0.4, 0.5) is 11.4 Å². The standard InChI is InChI=1S/C13H18N2O2/c1-9-4-5-11(8-12(9)15(16)17)14-10(2)13(3)6-7-13/h4-5,8,10,14H,6-7H2,1-3H3. The normalized spacial score (nSPS) is 18.5. The lowest BCUT2D eigenvalue weighted by Crippen LogP contribution is -2.24. The smallest absolute Gasteiger partial charge is 0.274 e. The molecular formula is C13H18N2O2. The highest BCUT2D eigenvalue weighted by Crippen LogP contribution is 2.48. The van der Waals surface area contributed by atoms with E-state index in [1.165, 1.54) is 12.8 Å².